The standard InChI is InChI=1S/C40H44N2O7/c1-44-35-18-17-29(21-36(35)45-2)20-34-33-23-38(47-4)37(46-3)22-30(33)14-11-19-42(34)40(24-32-26-48-27-49-32,31-15-9-6-10-16-31)39(43)41-25-28-12-7-5-8-13-28/h5-10,12-13,15-18,21-23,26,34H,11,14,19-20,24-25,27H2,1-4H3,(H,41,43). The first-order valence-electron chi connectivity index (χ1n) is 16.5. The first kappa shape index (κ1) is 33.7. The lowest BCUT2D eigenvalue weighted by Gasteiger charge is -2.47. The molecule has 2 aliphatic heterocycles. The van der Waals surface area contributed by atoms with Gasteiger partial charge in [-0.2, -0.15) is 0 Å². The highest BCUT2D eigenvalue weighted by molar-refractivity contribution is 5.88. The third kappa shape index (κ3) is 7.03. The van der Waals surface area contributed by atoms with E-state index in [0.717, 1.165) is 40.7 Å². The molecule has 0 aromatic heterocycles. The van der Waals surface area contributed by atoms with Crippen LogP contribution in [-0.2, 0) is 39.2 Å². The monoisotopic (exact) mass is 664 g/mol. The fourth-order valence-electron chi connectivity index (χ4n) is 7.10. The van der Waals surface area contributed by atoms with Gasteiger partial charge in [-0.15, -0.1) is 0 Å². The molecule has 6 rings (SSSR count). The first-order valence-corrected chi connectivity index (χ1v) is 16.5. The van der Waals surface area contributed by atoms with Crippen LogP contribution in [0.1, 0.15) is 46.7 Å². The summed E-state index contributed by atoms with van der Waals surface area (Å²) in [6, 6.07) is 29.8. The molecule has 256 valence electrons. The Morgan fingerprint density at radius 2 is 1.49 bits per heavy atom. The number of rotatable bonds is 13. The third-order valence-corrected chi connectivity index (χ3v) is 9.47. The van der Waals surface area contributed by atoms with Gasteiger partial charge in [-0.05, 0) is 71.3 Å². The van der Waals surface area contributed by atoms with E-state index in [1.807, 2.05) is 72.8 Å². The van der Waals surface area contributed by atoms with E-state index < -0.39 is 5.54 Å². The smallest absolute Gasteiger partial charge is 0.245 e. The number of ether oxygens (including phenoxy) is 6. The summed E-state index contributed by atoms with van der Waals surface area (Å²) in [5, 5.41) is 3.33. The Morgan fingerprint density at radius 1 is 0.816 bits per heavy atom. The molecule has 1 N–H and O–H groups in total. The fourth-order valence-corrected chi connectivity index (χ4v) is 7.10. The van der Waals surface area contributed by atoms with Gasteiger partial charge in [-0.1, -0.05) is 66.7 Å². The van der Waals surface area contributed by atoms with Crippen molar-refractivity contribution in [1.82, 2.24) is 10.2 Å². The summed E-state index contributed by atoms with van der Waals surface area (Å²) in [7, 11) is 6.58. The quantitative estimate of drug-likeness (QED) is 0.169. The van der Waals surface area contributed by atoms with Crippen molar-refractivity contribution >= 4 is 5.91 Å². The average molecular weight is 665 g/mol. The molecule has 2 aliphatic rings. The van der Waals surface area contributed by atoms with Crippen molar-refractivity contribution in [3.63, 3.8) is 0 Å². The van der Waals surface area contributed by atoms with Gasteiger partial charge in [0.25, 0.3) is 0 Å². The fraction of sp³-hybridized carbons (Fsp3) is 0.325. The lowest BCUT2D eigenvalue weighted by molar-refractivity contribution is -0.138. The number of benzene rings is 4. The molecule has 0 bridgehead atoms. The van der Waals surface area contributed by atoms with Crippen molar-refractivity contribution in [2.45, 2.75) is 43.8 Å². The minimum atomic E-state index is -1.19. The van der Waals surface area contributed by atoms with Gasteiger partial charge in [0, 0.05) is 25.6 Å². The van der Waals surface area contributed by atoms with Crippen molar-refractivity contribution in [2.75, 3.05) is 41.8 Å². The van der Waals surface area contributed by atoms with Crippen molar-refractivity contribution in [2.24, 2.45) is 0 Å². The molecule has 9 heteroatoms. The molecule has 49 heavy (non-hydrogen) atoms. The zero-order chi connectivity index (χ0) is 34.2. The Morgan fingerprint density at radius 3 is 2.16 bits per heavy atom. The third-order valence-electron chi connectivity index (χ3n) is 9.47. The van der Waals surface area contributed by atoms with Gasteiger partial charge in [-0.3, -0.25) is 9.69 Å². The SMILES string of the molecule is COc1ccc(CC2c3cc(OC)c(OC)cc3CCCN2C(CC2=COCO2)(C(=O)NCc2ccccc2)c2ccccc2)cc1OC. The lowest BCUT2D eigenvalue weighted by atomic mass is 9.80. The van der Waals surface area contributed by atoms with E-state index in [0.29, 0.717) is 48.3 Å². The number of aryl methyl sites for hydroxylation is 1. The van der Waals surface area contributed by atoms with E-state index in [9.17, 15) is 0 Å². The number of hydrogen-bond donors (Lipinski definition) is 1. The highest BCUT2D eigenvalue weighted by atomic mass is 16.7. The normalized spacial score (nSPS) is 16.9. The van der Waals surface area contributed by atoms with Crippen LogP contribution < -0.4 is 24.3 Å². The molecule has 0 radical (unpaired) electrons. The zero-order valence-electron chi connectivity index (χ0n) is 28.6. The van der Waals surface area contributed by atoms with Gasteiger partial charge in [0.2, 0.25) is 12.7 Å². The number of amides is 1. The number of nitrogens with zero attached hydrogens (tertiary/aromatic N) is 1. The summed E-state index contributed by atoms with van der Waals surface area (Å²) >= 11 is 0. The highest BCUT2D eigenvalue weighted by Gasteiger charge is 2.50. The van der Waals surface area contributed by atoms with Crippen molar-refractivity contribution in [3.8, 4) is 23.0 Å². The maximum atomic E-state index is 15.2. The Kier molecular flexibility index (Phi) is 10.6. The summed E-state index contributed by atoms with van der Waals surface area (Å²) in [4.78, 5) is 17.6. The number of hydrogen-bond acceptors (Lipinski definition) is 8. The van der Waals surface area contributed by atoms with Crippen LogP contribution in [0.25, 0.3) is 0 Å². The Labute approximate surface area is 288 Å². The van der Waals surface area contributed by atoms with Crippen LogP contribution in [0.3, 0.4) is 0 Å². The largest absolute Gasteiger partial charge is 0.493 e. The Balaban J connectivity index is 1.56. The summed E-state index contributed by atoms with van der Waals surface area (Å²) in [5.74, 6) is 3.09. The van der Waals surface area contributed by atoms with E-state index in [4.69, 9.17) is 28.4 Å². The van der Waals surface area contributed by atoms with Gasteiger partial charge in [0.1, 0.15) is 17.6 Å². The molecule has 0 saturated carbocycles. The van der Waals surface area contributed by atoms with E-state index >= 15 is 4.79 Å². The number of nitrogens with one attached hydrogen (secondary N) is 1. The van der Waals surface area contributed by atoms with Gasteiger partial charge >= 0.3 is 0 Å². The van der Waals surface area contributed by atoms with Crippen molar-refractivity contribution in [1.29, 1.82) is 0 Å². The van der Waals surface area contributed by atoms with E-state index in [2.05, 4.69) is 28.4 Å². The van der Waals surface area contributed by atoms with Crippen LogP contribution in [0.4, 0.5) is 0 Å². The van der Waals surface area contributed by atoms with Crippen LogP contribution >= 0.6 is 0 Å². The Bertz CT molecular complexity index is 1760. The van der Waals surface area contributed by atoms with Gasteiger partial charge in [-0.25, -0.2) is 0 Å². The average Bonchev–Trinajstić information content (AvgIpc) is 3.61. The summed E-state index contributed by atoms with van der Waals surface area (Å²) < 4.78 is 34.4. The maximum absolute atomic E-state index is 15.2. The molecule has 0 saturated heterocycles. The van der Waals surface area contributed by atoms with Crippen LogP contribution in [0.5, 0.6) is 23.0 Å². The zero-order valence-corrected chi connectivity index (χ0v) is 28.6. The predicted octanol–water partition coefficient (Wildman–Crippen LogP) is 6.70. The molecule has 0 spiro atoms. The van der Waals surface area contributed by atoms with Crippen molar-refractivity contribution in [3.05, 3.63) is 131 Å². The van der Waals surface area contributed by atoms with Crippen LogP contribution in [0, 0.1) is 0 Å². The molecule has 0 fully saturated rings. The molecule has 4 aromatic carbocycles. The molecule has 2 heterocycles. The minimum Gasteiger partial charge on any atom is -0.493 e. The Hall–Kier alpha value is -5.15. The molecular weight excluding hydrogens is 620 g/mol. The maximum Gasteiger partial charge on any atom is 0.245 e. The summed E-state index contributed by atoms with van der Waals surface area (Å²) in [6.45, 7) is 1.11. The van der Waals surface area contributed by atoms with E-state index in [1.165, 1.54) is 0 Å². The van der Waals surface area contributed by atoms with Gasteiger partial charge in [0.15, 0.2) is 23.0 Å². The lowest BCUT2D eigenvalue weighted by Crippen LogP contribution is -2.58. The molecule has 1 amide bonds. The van der Waals surface area contributed by atoms with Crippen LogP contribution in [-0.4, -0.2) is 52.6 Å². The molecule has 9 nitrogen and oxygen atoms in total. The second kappa shape index (κ2) is 15.4. The molecule has 2 atom stereocenters. The number of methoxy groups -OCH3 is 4. The molecule has 4 aromatic rings. The van der Waals surface area contributed by atoms with Crippen LogP contribution in [0.15, 0.2) is 103 Å². The molecule has 2 unspecified atom stereocenters. The summed E-state index contributed by atoms with van der Waals surface area (Å²) in [5.41, 5.74) is 3.93. The second-order valence-electron chi connectivity index (χ2n) is 12.2. The minimum absolute atomic E-state index is 0.112. The van der Waals surface area contributed by atoms with Crippen LogP contribution in [0.2, 0.25) is 0 Å². The first-order chi connectivity index (χ1) is 24.0. The van der Waals surface area contributed by atoms with Gasteiger partial charge in [0.05, 0.1) is 28.4 Å². The second-order valence-corrected chi connectivity index (χ2v) is 12.2. The number of carbonyl (C=O) groups excluding carboxylic acids is 1. The predicted molar refractivity (Wildman–Crippen MR) is 187 cm³/mol. The number of fused-ring (bicyclic) bond motifs is 1. The summed E-state index contributed by atoms with van der Waals surface area (Å²) in [6.07, 6.45) is 4.07. The highest BCUT2D eigenvalue weighted by Crippen LogP contribution is 2.47. The topological polar surface area (TPSA) is 87.7 Å². The van der Waals surface area contributed by atoms with Gasteiger partial charge < -0.3 is 33.7 Å². The van der Waals surface area contributed by atoms with E-state index in [1.54, 1.807) is 34.7 Å². The molecular formula is C40H44N2O7. The molecule has 0 aliphatic carbocycles. The number of carbonyl (C=O) groups is 1. The van der Waals surface area contributed by atoms with E-state index in [-0.39, 0.29) is 25.2 Å². The van der Waals surface area contributed by atoms with Crippen molar-refractivity contribution < 1.29 is 33.2 Å².